The monoisotopic (exact) mass is 394 g/mol. The van der Waals surface area contributed by atoms with Crippen molar-refractivity contribution in [3.8, 4) is 0 Å². The van der Waals surface area contributed by atoms with Crippen LogP contribution in [-0.4, -0.2) is 21.6 Å². The third-order valence-electron chi connectivity index (χ3n) is 4.96. The maximum atomic E-state index is 11.5. The van der Waals surface area contributed by atoms with Gasteiger partial charge in [-0.05, 0) is 57.1 Å². The summed E-state index contributed by atoms with van der Waals surface area (Å²) in [5, 5.41) is 9.43. The average Bonchev–Trinajstić information content (AvgIpc) is 2.67. The van der Waals surface area contributed by atoms with E-state index in [1.165, 1.54) is 38.5 Å². The Morgan fingerprint density at radius 2 is 1.30 bits per heavy atom. The van der Waals surface area contributed by atoms with Gasteiger partial charge >= 0.3 is 5.97 Å². The Balaban J connectivity index is 3.51. The first-order chi connectivity index (χ1) is 13.1. The smallest absolute Gasteiger partial charge is 0.319 e. The topological polar surface area (TPSA) is 37.3 Å². The third-order valence-corrected chi connectivity index (χ3v) is 6.75. The molecule has 0 amide bonds. The van der Waals surface area contributed by atoms with E-state index in [9.17, 15) is 9.90 Å². The van der Waals surface area contributed by atoms with Crippen LogP contribution in [-0.2, 0) is 4.79 Å². The second-order valence-corrected chi connectivity index (χ2v) is 8.54. The number of allylic oxidation sites excluding steroid dienone is 6. The van der Waals surface area contributed by atoms with Gasteiger partial charge < -0.3 is 5.11 Å². The normalized spacial score (nSPS) is 12.7. The van der Waals surface area contributed by atoms with Gasteiger partial charge in [0.15, 0.2) is 0 Å². The molecule has 0 heterocycles. The molecule has 0 atom stereocenters. The van der Waals surface area contributed by atoms with E-state index >= 15 is 0 Å². The number of unbranched alkanes of at least 4 members (excludes halogenated alkanes) is 6. The summed E-state index contributed by atoms with van der Waals surface area (Å²) in [6, 6.07) is 0. The first-order valence-corrected chi connectivity index (χ1v) is 11.9. The molecule has 1 N–H and O–H groups in total. The number of carboxylic acid groups (broad SMARTS) is 1. The molecule has 0 bridgehead atoms. The predicted octanol–water partition coefficient (Wildman–Crippen LogP) is 7.95. The molecule has 0 aliphatic rings. The van der Waals surface area contributed by atoms with Crippen LogP contribution in [0.1, 0.15) is 97.8 Å². The average molecular weight is 395 g/mol. The van der Waals surface area contributed by atoms with Crippen LogP contribution in [0.15, 0.2) is 36.5 Å². The number of rotatable bonds is 18. The van der Waals surface area contributed by atoms with Gasteiger partial charge in [-0.2, -0.15) is 0 Å². The zero-order valence-electron chi connectivity index (χ0n) is 17.9. The third kappa shape index (κ3) is 13.8. The number of thioether (sulfide) groups is 1. The second-order valence-electron chi connectivity index (χ2n) is 7.06. The summed E-state index contributed by atoms with van der Waals surface area (Å²) in [6.07, 6.45) is 26.8. The summed E-state index contributed by atoms with van der Waals surface area (Å²) in [6.45, 7) is 6.13. The van der Waals surface area contributed by atoms with E-state index in [-0.39, 0.29) is 0 Å². The Kier molecular flexibility index (Phi) is 17.8. The Bertz CT molecular complexity index is 434. The van der Waals surface area contributed by atoms with Crippen molar-refractivity contribution in [1.82, 2.24) is 0 Å². The van der Waals surface area contributed by atoms with Crippen molar-refractivity contribution in [2.24, 2.45) is 0 Å². The van der Waals surface area contributed by atoms with E-state index in [4.69, 9.17) is 0 Å². The summed E-state index contributed by atoms with van der Waals surface area (Å²) in [5.74, 6) is 0.327. The van der Waals surface area contributed by atoms with E-state index in [0.717, 1.165) is 31.4 Å². The molecule has 0 aromatic rings. The summed E-state index contributed by atoms with van der Waals surface area (Å²) in [5.41, 5.74) is 0. The van der Waals surface area contributed by atoms with Crippen LogP contribution in [0.3, 0.4) is 0 Å². The van der Waals surface area contributed by atoms with Crippen LogP contribution in [0.4, 0.5) is 0 Å². The molecule has 0 radical (unpaired) electrons. The van der Waals surface area contributed by atoms with Gasteiger partial charge in [0, 0.05) is 0 Å². The molecule has 3 heteroatoms. The number of carbonyl (C=O) groups is 1. The summed E-state index contributed by atoms with van der Waals surface area (Å²) in [7, 11) is 0. The van der Waals surface area contributed by atoms with Crippen LogP contribution in [0, 0.1) is 0 Å². The van der Waals surface area contributed by atoms with Crippen molar-refractivity contribution in [2.75, 3.05) is 5.75 Å². The minimum Gasteiger partial charge on any atom is -0.480 e. The molecule has 0 spiro atoms. The molecule has 0 aromatic heterocycles. The second kappa shape index (κ2) is 18.4. The van der Waals surface area contributed by atoms with Crippen molar-refractivity contribution < 1.29 is 9.90 Å². The predicted molar refractivity (Wildman–Crippen MR) is 123 cm³/mol. The first-order valence-electron chi connectivity index (χ1n) is 10.9. The van der Waals surface area contributed by atoms with Gasteiger partial charge in [0.25, 0.3) is 0 Å². The molecule has 0 aromatic carbocycles. The van der Waals surface area contributed by atoms with Crippen molar-refractivity contribution in [3.05, 3.63) is 36.5 Å². The highest BCUT2D eigenvalue weighted by atomic mass is 32.2. The lowest BCUT2D eigenvalue weighted by molar-refractivity contribution is -0.140. The standard InChI is InChI=1S/C24H42O2S/c1-4-7-8-9-10-11-12-13-14-15-16-17-18-19-20-21-22-27-24(5-2,6-3)23(25)26/h7-8,10-11,13-14H,4-6,9,12,15-22H2,1-3H3,(H,25,26)/b8-7-,11-10-,14-13-. The van der Waals surface area contributed by atoms with E-state index in [0.29, 0.717) is 12.8 Å². The fraction of sp³-hybridized carbons (Fsp3) is 0.708. The van der Waals surface area contributed by atoms with Crippen molar-refractivity contribution >= 4 is 17.7 Å². The van der Waals surface area contributed by atoms with Crippen LogP contribution in [0.5, 0.6) is 0 Å². The minimum atomic E-state index is -0.644. The molecule has 0 fully saturated rings. The quantitative estimate of drug-likeness (QED) is 0.189. The van der Waals surface area contributed by atoms with E-state index in [2.05, 4.69) is 43.4 Å². The number of carboxylic acids is 1. The summed E-state index contributed by atoms with van der Waals surface area (Å²) < 4.78 is -0.562. The SMILES string of the molecule is CC/C=C\C/C=C\C/C=C\CCCCCCCCSC(CC)(CC)C(=O)O. The maximum Gasteiger partial charge on any atom is 0.319 e. The van der Waals surface area contributed by atoms with E-state index in [1.54, 1.807) is 11.8 Å². The molecular weight excluding hydrogens is 352 g/mol. The van der Waals surface area contributed by atoms with Crippen LogP contribution < -0.4 is 0 Å². The molecule has 0 unspecified atom stereocenters. The Labute approximate surface area is 172 Å². The van der Waals surface area contributed by atoms with Crippen LogP contribution in [0.25, 0.3) is 0 Å². The lowest BCUT2D eigenvalue weighted by Crippen LogP contribution is -2.33. The Morgan fingerprint density at radius 1 is 0.778 bits per heavy atom. The first kappa shape index (κ1) is 26.0. The van der Waals surface area contributed by atoms with E-state index in [1.807, 2.05) is 13.8 Å². The van der Waals surface area contributed by atoms with Gasteiger partial charge in [-0.15, -0.1) is 11.8 Å². The number of aliphatic carboxylic acids is 1. The van der Waals surface area contributed by atoms with Gasteiger partial charge in [0.05, 0.1) is 0 Å². The van der Waals surface area contributed by atoms with E-state index < -0.39 is 10.7 Å². The molecular formula is C24H42O2S. The molecule has 2 nitrogen and oxygen atoms in total. The lowest BCUT2D eigenvalue weighted by Gasteiger charge is -2.25. The molecule has 0 rings (SSSR count). The van der Waals surface area contributed by atoms with Crippen molar-refractivity contribution in [3.63, 3.8) is 0 Å². The molecule has 27 heavy (non-hydrogen) atoms. The zero-order chi connectivity index (χ0) is 20.2. The van der Waals surface area contributed by atoms with Gasteiger partial charge in [0.1, 0.15) is 4.75 Å². The highest BCUT2D eigenvalue weighted by molar-refractivity contribution is 8.01. The molecule has 0 saturated heterocycles. The molecule has 156 valence electrons. The van der Waals surface area contributed by atoms with Gasteiger partial charge in [-0.25, -0.2) is 0 Å². The highest BCUT2D eigenvalue weighted by Crippen LogP contribution is 2.33. The van der Waals surface area contributed by atoms with Crippen LogP contribution in [0.2, 0.25) is 0 Å². The molecule has 0 aliphatic carbocycles. The molecule has 0 saturated carbocycles. The highest BCUT2D eigenvalue weighted by Gasteiger charge is 2.34. The number of hydrogen-bond acceptors (Lipinski definition) is 2. The van der Waals surface area contributed by atoms with Crippen LogP contribution >= 0.6 is 11.8 Å². The largest absolute Gasteiger partial charge is 0.480 e. The van der Waals surface area contributed by atoms with Gasteiger partial charge in [-0.3, -0.25) is 4.79 Å². The fourth-order valence-electron chi connectivity index (χ4n) is 2.98. The zero-order valence-corrected chi connectivity index (χ0v) is 18.7. The lowest BCUT2D eigenvalue weighted by atomic mass is 10.0. The summed E-state index contributed by atoms with van der Waals surface area (Å²) >= 11 is 1.65. The maximum absolute atomic E-state index is 11.5. The fourth-order valence-corrected chi connectivity index (χ4v) is 4.25. The van der Waals surface area contributed by atoms with Crippen molar-refractivity contribution in [1.29, 1.82) is 0 Å². The van der Waals surface area contributed by atoms with Gasteiger partial charge in [-0.1, -0.05) is 82.9 Å². The summed E-state index contributed by atoms with van der Waals surface area (Å²) in [4.78, 5) is 11.5. The minimum absolute atomic E-state index is 0.562. The van der Waals surface area contributed by atoms with Crippen molar-refractivity contribution in [2.45, 2.75) is 103 Å². The molecule has 0 aliphatic heterocycles. The Morgan fingerprint density at radius 3 is 1.85 bits per heavy atom. The Hall–Kier alpha value is -0.960. The van der Waals surface area contributed by atoms with Gasteiger partial charge in [0.2, 0.25) is 0 Å². The number of hydrogen-bond donors (Lipinski definition) is 1.